The molecular formula is C10H17ClF3N3O3. The molecule has 1 aliphatic heterocycles. The number of aliphatic hydroxyl groups is 1. The third-order valence-electron chi connectivity index (χ3n) is 2.86. The number of carbonyl (C=O) groups is 2. The van der Waals surface area contributed by atoms with Crippen LogP contribution in [0.15, 0.2) is 0 Å². The van der Waals surface area contributed by atoms with Gasteiger partial charge in [0.25, 0.3) is 5.91 Å². The molecule has 0 aromatic carbocycles. The van der Waals surface area contributed by atoms with Gasteiger partial charge in [0.15, 0.2) is 0 Å². The second-order valence-electron chi connectivity index (χ2n) is 4.45. The van der Waals surface area contributed by atoms with Crippen molar-refractivity contribution >= 4 is 24.2 Å². The van der Waals surface area contributed by atoms with Gasteiger partial charge in [-0.2, -0.15) is 13.2 Å². The van der Waals surface area contributed by atoms with E-state index in [-0.39, 0.29) is 24.7 Å². The molecule has 1 saturated heterocycles. The molecule has 118 valence electrons. The minimum Gasteiger partial charge on any atom is -0.382 e. The van der Waals surface area contributed by atoms with E-state index in [0.29, 0.717) is 13.0 Å². The van der Waals surface area contributed by atoms with Crippen LogP contribution in [-0.2, 0) is 9.59 Å². The smallest absolute Gasteiger partial charge is 0.382 e. The Balaban J connectivity index is 0.00000361. The van der Waals surface area contributed by atoms with Gasteiger partial charge in [-0.3, -0.25) is 9.59 Å². The Bertz CT molecular complexity index is 354. The summed E-state index contributed by atoms with van der Waals surface area (Å²) < 4.78 is 35.6. The van der Waals surface area contributed by atoms with Gasteiger partial charge < -0.3 is 21.5 Å². The zero-order valence-corrected chi connectivity index (χ0v) is 11.3. The number of nitrogens with one attached hydrogen (secondary N) is 2. The maximum absolute atomic E-state index is 11.9. The SMILES string of the molecule is Cl.N[C@@H](C[C@@H]1CCNC1=O)C(O)C(=O)NCC(F)(F)F. The van der Waals surface area contributed by atoms with Crippen LogP contribution in [0.5, 0.6) is 0 Å². The largest absolute Gasteiger partial charge is 0.405 e. The number of nitrogens with two attached hydrogens (primary N) is 1. The molecular weight excluding hydrogens is 303 g/mol. The van der Waals surface area contributed by atoms with Crippen LogP contribution < -0.4 is 16.4 Å². The number of hydrogen-bond acceptors (Lipinski definition) is 4. The van der Waals surface area contributed by atoms with Gasteiger partial charge in [0.1, 0.15) is 12.6 Å². The molecule has 0 aromatic rings. The molecule has 1 aliphatic rings. The van der Waals surface area contributed by atoms with Gasteiger partial charge in [-0.05, 0) is 12.8 Å². The molecule has 0 aliphatic carbocycles. The fraction of sp³-hybridized carbons (Fsp3) is 0.800. The summed E-state index contributed by atoms with van der Waals surface area (Å²) in [6.45, 7) is -1.04. The second kappa shape index (κ2) is 7.65. The molecule has 1 heterocycles. The van der Waals surface area contributed by atoms with Crippen LogP contribution in [0.2, 0.25) is 0 Å². The monoisotopic (exact) mass is 319 g/mol. The molecule has 0 aromatic heterocycles. The summed E-state index contributed by atoms with van der Waals surface area (Å²) in [4.78, 5) is 22.5. The molecule has 1 rings (SSSR count). The van der Waals surface area contributed by atoms with Crippen molar-refractivity contribution in [2.75, 3.05) is 13.1 Å². The lowest BCUT2D eigenvalue weighted by molar-refractivity contribution is -0.144. The molecule has 1 fully saturated rings. The first-order valence-electron chi connectivity index (χ1n) is 5.76. The molecule has 3 atom stereocenters. The van der Waals surface area contributed by atoms with Gasteiger partial charge in [0, 0.05) is 18.5 Å². The third-order valence-corrected chi connectivity index (χ3v) is 2.86. The molecule has 0 spiro atoms. The number of alkyl halides is 3. The van der Waals surface area contributed by atoms with Crippen molar-refractivity contribution in [3.05, 3.63) is 0 Å². The predicted octanol–water partition coefficient (Wildman–Crippen LogP) is -0.699. The van der Waals surface area contributed by atoms with Crippen LogP contribution in [-0.4, -0.2) is 48.3 Å². The van der Waals surface area contributed by atoms with Crippen molar-refractivity contribution in [1.29, 1.82) is 0 Å². The highest BCUT2D eigenvalue weighted by molar-refractivity contribution is 5.85. The van der Waals surface area contributed by atoms with Crippen LogP contribution in [0.4, 0.5) is 13.2 Å². The van der Waals surface area contributed by atoms with E-state index in [1.165, 1.54) is 0 Å². The number of amides is 2. The van der Waals surface area contributed by atoms with E-state index >= 15 is 0 Å². The maximum atomic E-state index is 11.9. The summed E-state index contributed by atoms with van der Waals surface area (Å²) in [5, 5.41) is 13.6. The van der Waals surface area contributed by atoms with E-state index in [1.807, 2.05) is 0 Å². The number of hydrogen-bond donors (Lipinski definition) is 4. The Morgan fingerprint density at radius 2 is 2.15 bits per heavy atom. The lowest BCUT2D eigenvalue weighted by atomic mass is 9.95. The average molecular weight is 320 g/mol. The molecule has 0 saturated carbocycles. The van der Waals surface area contributed by atoms with Gasteiger partial charge in [-0.1, -0.05) is 0 Å². The van der Waals surface area contributed by atoms with E-state index in [9.17, 15) is 27.9 Å². The first-order valence-corrected chi connectivity index (χ1v) is 5.76. The van der Waals surface area contributed by atoms with Crippen LogP contribution in [0.1, 0.15) is 12.8 Å². The molecule has 20 heavy (non-hydrogen) atoms. The fourth-order valence-electron chi connectivity index (χ4n) is 1.81. The Kier molecular flexibility index (Phi) is 7.25. The lowest BCUT2D eigenvalue weighted by Crippen LogP contribution is -2.49. The van der Waals surface area contributed by atoms with E-state index < -0.39 is 36.7 Å². The van der Waals surface area contributed by atoms with Crippen LogP contribution in [0.3, 0.4) is 0 Å². The maximum Gasteiger partial charge on any atom is 0.405 e. The van der Waals surface area contributed by atoms with Crippen LogP contribution >= 0.6 is 12.4 Å². The molecule has 0 bridgehead atoms. The Morgan fingerprint density at radius 1 is 1.55 bits per heavy atom. The van der Waals surface area contributed by atoms with Crippen molar-refractivity contribution < 1.29 is 27.9 Å². The third kappa shape index (κ3) is 5.93. The molecule has 10 heteroatoms. The standard InChI is InChI=1S/C10H16F3N3O3.ClH/c11-10(12,13)4-16-9(19)7(17)6(14)3-5-1-2-15-8(5)18;/h5-7,17H,1-4,14H2,(H,15,18)(H,16,19);1H/t5-,6-,7?;/m0./s1. The van der Waals surface area contributed by atoms with E-state index in [0.717, 1.165) is 0 Å². The lowest BCUT2D eigenvalue weighted by Gasteiger charge is -2.20. The fourth-order valence-corrected chi connectivity index (χ4v) is 1.81. The highest BCUT2D eigenvalue weighted by Gasteiger charge is 2.33. The summed E-state index contributed by atoms with van der Waals surface area (Å²) in [6.07, 6.45) is -5.74. The minimum atomic E-state index is -4.55. The molecule has 2 amide bonds. The first-order chi connectivity index (χ1) is 8.70. The van der Waals surface area contributed by atoms with Crippen molar-refractivity contribution in [2.45, 2.75) is 31.2 Å². The normalized spacial score (nSPS) is 21.6. The topological polar surface area (TPSA) is 104 Å². The summed E-state index contributed by atoms with van der Waals surface area (Å²) in [5.41, 5.74) is 5.53. The van der Waals surface area contributed by atoms with Crippen molar-refractivity contribution in [3.63, 3.8) is 0 Å². The molecule has 0 radical (unpaired) electrons. The van der Waals surface area contributed by atoms with Gasteiger partial charge in [-0.15, -0.1) is 12.4 Å². The van der Waals surface area contributed by atoms with Gasteiger partial charge in [-0.25, -0.2) is 0 Å². The van der Waals surface area contributed by atoms with Gasteiger partial charge in [0.05, 0.1) is 0 Å². The first kappa shape index (κ1) is 18.9. The van der Waals surface area contributed by atoms with Crippen LogP contribution in [0, 0.1) is 5.92 Å². The molecule has 6 nitrogen and oxygen atoms in total. The van der Waals surface area contributed by atoms with Crippen molar-refractivity contribution in [3.8, 4) is 0 Å². The van der Waals surface area contributed by atoms with Crippen molar-refractivity contribution in [2.24, 2.45) is 11.7 Å². The van der Waals surface area contributed by atoms with E-state index in [2.05, 4.69) is 5.32 Å². The van der Waals surface area contributed by atoms with Crippen LogP contribution in [0.25, 0.3) is 0 Å². The average Bonchev–Trinajstić information content (AvgIpc) is 2.70. The summed E-state index contributed by atoms with van der Waals surface area (Å²) in [5.74, 6) is -1.83. The Labute approximate surface area is 119 Å². The zero-order valence-electron chi connectivity index (χ0n) is 10.4. The number of aliphatic hydroxyl groups excluding tert-OH is 1. The summed E-state index contributed by atoms with van der Waals surface area (Å²) in [6, 6.07) is -1.08. The Hall–Kier alpha value is -1.06. The van der Waals surface area contributed by atoms with Gasteiger partial charge in [0.2, 0.25) is 5.91 Å². The summed E-state index contributed by atoms with van der Waals surface area (Å²) >= 11 is 0. The quantitative estimate of drug-likeness (QED) is 0.538. The molecule has 5 N–H and O–H groups in total. The summed E-state index contributed by atoms with van der Waals surface area (Å²) in [7, 11) is 0. The second-order valence-corrected chi connectivity index (χ2v) is 4.45. The zero-order chi connectivity index (χ0) is 14.6. The number of carbonyl (C=O) groups excluding carboxylic acids is 2. The highest BCUT2D eigenvalue weighted by atomic mass is 35.5. The Morgan fingerprint density at radius 3 is 2.60 bits per heavy atom. The highest BCUT2D eigenvalue weighted by Crippen LogP contribution is 2.17. The number of rotatable bonds is 5. The molecule has 1 unspecified atom stereocenters. The van der Waals surface area contributed by atoms with E-state index in [4.69, 9.17) is 5.73 Å². The van der Waals surface area contributed by atoms with Gasteiger partial charge >= 0.3 is 6.18 Å². The minimum absolute atomic E-state index is 0. The van der Waals surface area contributed by atoms with Crippen molar-refractivity contribution in [1.82, 2.24) is 10.6 Å². The number of halogens is 4. The predicted molar refractivity (Wildman–Crippen MR) is 66.0 cm³/mol. The van der Waals surface area contributed by atoms with E-state index in [1.54, 1.807) is 5.32 Å².